The monoisotopic (exact) mass is 224 g/mol. The predicted octanol–water partition coefficient (Wildman–Crippen LogP) is 2.61. The van der Waals surface area contributed by atoms with Gasteiger partial charge in [-0.25, -0.2) is 4.98 Å². The van der Waals surface area contributed by atoms with Crippen LogP contribution in [0.1, 0.15) is 0 Å². The highest BCUT2D eigenvalue weighted by molar-refractivity contribution is 8.01. The number of rotatable bonds is 4. The van der Waals surface area contributed by atoms with E-state index in [-0.39, 0.29) is 0 Å². The number of thioether (sulfide) groups is 1. The van der Waals surface area contributed by atoms with Gasteiger partial charge in [0.2, 0.25) is 0 Å². The number of thiazole rings is 1. The summed E-state index contributed by atoms with van der Waals surface area (Å²) < 4.78 is 2.45. The topological polar surface area (TPSA) is 24.9 Å². The number of nitrogens with one attached hydrogen (secondary N) is 1. The van der Waals surface area contributed by atoms with Crippen LogP contribution in [0.2, 0.25) is 0 Å². The highest BCUT2D eigenvalue weighted by Crippen LogP contribution is 2.28. The van der Waals surface area contributed by atoms with E-state index in [1.807, 2.05) is 24.9 Å². The van der Waals surface area contributed by atoms with Gasteiger partial charge in [-0.1, -0.05) is 23.9 Å². The lowest BCUT2D eigenvalue weighted by Crippen LogP contribution is -2.09. The van der Waals surface area contributed by atoms with Gasteiger partial charge >= 0.3 is 0 Å². The molecule has 0 aliphatic heterocycles. The zero-order chi connectivity index (χ0) is 9.80. The molecule has 4 heteroatoms. The normalized spacial score (nSPS) is 10.9. The van der Waals surface area contributed by atoms with E-state index >= 15 is 0 Å². The summed E-state index contributed by atoms with van der Waals surface area (Å²) in [7, 11) is 1.97. The largest absolute Gasteiger partial charge is 0.319 e. The van der Waals surface area contributed by atoms with Gasteiger partial charge in [0.1, 0.15) is 0 Å². The van der Waals surface area contributed by atoms with Crippen molar-refractivity contribution in [2.45, 2.75) is 4.34 Å². The maximum Gasteiger partial charge on any atom is 0.151 e. The first-order valence-corrected chi connectivity index (χ1v) is 6.33. The number of fused-ring (bicyclic) bond motifs is 1. The third-order valence-electron chi connectivity index (χ3n) is 1.85. The Balaban J connectivity index is 2.11. The van der Waals surface area contributed by atoms with E-state index in [4.69, 9.17) is 0 Å². The Labute approximate surface area is 91.7 Å². The molecule has 2 rings (SSSR count). The van der Waals surface area contributed by atoms with E-state index in [0.29, 0.717) is 0 Å². The van der Waals surface area contributed by atoms with Crippen LogP contribution in [-0.4, -0.2) is 24.3 Å². The molecule has 14 heavy (non-hydrogen) atoms. The van der Waals surface area contributed by atoms with Gasteiger partial charge in [0.05, 0.1) is 10.2 Å². The first-order chi connectivity index (χ1) is 6.90. The lowest BCUT2D eigenvalue weighted by Gasteiger charge is -1.94. The summed E-state index contributed by atoms with van der Waals surface area (Å²) in [5.74, 6) is 1.08. The van der Waals surface area contributed by atoms with Crippen molar-refractivity contribution < 1.29 is 0 Å². The van der Waals surface area contributed by atoms with E-state index in [1.165, 1.54) is 9.04 Å². The Morgan fingerprint density at radius 1 is 1.43 bits per heavy atom. The van der Waals surface area contributed by atoms with E-state index in [0.717, 1.165) is 17.8 Å². The molecular formula is C10H12N2S2. The van der Waals surface area contributed by atoms with E-state index < -0.39 is 0 Å². The Morgan fingerprint density at radius 3 is 3.07 bits per heavy atom. The summed E-state index contributed by atoms with van der Waals surface area (Å²) in [6.45, 7) is 1.03. The van der Waals surface area contributed by atoms with Crippen LogP contribution >= 0.6 is 23.1 Å². The molecule has 2 aromatic rings. The van der Waals surface area contributed by atoms with Crippen LogP contribution in [0.25, 0.3) is 10.2 Å². The fourth-order valence-electron chi connectivity index (χ4n) is 1.15. The minimum Gasteiger partial charge on any atom is -0.319 e. The van der Waals surface area contributed by atoms with E-state index in [1.54, 1.807) is 11.3 Å². The quantitative estimate of drug-likeness (QED) is 0.638. The van der Waals surface area contributed by atoms with Crippen LogP contribution in [0.3, 0.4) is 0 Å². The van der Waals surface area contributed by atoms with Crippen LogP contribution in [-0.2, 0) is 0 Å². The standard InChI is InChI=1S/C10H12N2S2/c1-11-6-7-13-10-12-8-4-2-3-5-9(8)14-10/h2-5,11H,6-7H2,1H3. The van der Waals surface area contributed by atoms with Gasteiger partial charge in [0.25, 0.3) is 0 Å². The van der Waals surface area contributed by atoms with Crippen molar-refractivity contribution in [1.82, 2.24) is 10.3 Å². The van der Waals surface area contributed by atoms with Gasteiger partial charge in [-0.05, 0) is 19.2 Å². The minimum atomic E-state index is 1.03. The molecule has 0 aliphatic rings. The summed E-state index contributed by atoms with van der Waals surface area (Å²) >= 11 is 3.59. The fourth-order valence-corrected chi connectivity index (χ4v) is 3.25. The van der Waals surface area contributed by atoms with Gasteiger partial charge in [-0.15, -0.1) is 11.3 Å². The Morgan fingerprint density at radius 2 is 2.29 bits per heavy atom. The van der Waals surface area contributed by atoms with Crippen molar-refractivity contribution in [2.75, 3.05) is 19.3 Å². The molecule has 0 saturated carbocycles. The molecule has 0 unspecified atom stereocenters. The van der Waals surface area contributed by atoms with Gasteiger partial charge in [-0.2, -0.15) is 0 Å². The van der Waals surface area contributed by atoms with Crippen molar-refractivity contribution in [3.05, 3.63) is 24.3 Å². The predicted molar refractivity (Wildman–Crippen MR) is 64.3 cm³/mol. The molecule has 74 valence electrons. The molecule has 1 heterocycles. The van der Waals surface area contributed by atoms with Crippen molar-refractivity contribution in [3.8, 4) is 0 Å². The second kappa shape index (κ2) is 4.77. The summed E-state index contributed by atoms with van der Waals surface area (Å²) in [4.78, 5) is 4.54. The molecule has 0 bridgehead atoms. The first-order valence-electron chi connectivity index (χ1n) is 4.53. The Bertz CT molecular complexity index is 378. The second-order valence-corrected chi connectivity index (χ2v) is 5.27. The number of para-hydroxylation sites is 1. The lowest BCUT2D eigenvalue weighted by molar-refractivity contribution is 0.871. The molecule has 1 aromatic carbocycles. The van der Waals surface area contributed by atoms with Crippen molar-refractivity contribution >= 4 is 33.3 Å². The molecule has 0 saturated heterocycles. The summed E-state index contributed by atoms with van der Waals surface area (Å²) in [5, 5.41) is 3.13. The fraction of sp³-hybridized carbons (Fsp3) is 0.300. The van der Waals surface area contributed by atoms with Gasteiger partial charge < -0.3 is 5.32 Å². The lowest BCUT2D eigenvalue weighted by atomic mass is 10.3. The number of hydrogen-bond donors (Lipinski definition) is 1. The van der Waals surface area contributed by atoms with Crippen LogP contribution in [0.5, 0.6) is 0 Å². The summed E-state index contributed by atoms with van der Waals surface area (Å²) in [5.41, 5.74) is 1.12. The highest BCUT2D eigenvalue weighted by atomic mass is 32.2. The Kier molecular flexibility index (Phi) is 3.39. The molecule has 0 atom stereocenters. The average molecular weight is 224 g/mol. The molecule has 0 radical (unpaired) electrons. The molecule has 0 aliphatic carbocycles. The average Bonchev–Trinajstić information content (AvgIpc) is 2.60. The third-order valence-corrected chi connectivity index (χ3v) is 4.03. The summed E-state index contributed by atoms with van der Waals surface area (Å²) in [6.07, 6.45) is 0. The molecule has 0 spiro atoms. The highest BCUT2D eigenvalue weighted by Gasteiger charge is 2.02. The van der Waals surface area contributed by atoms with Gasteiger partial charge in [0, 0.05) is 12.3 Å². The number of aromatic nitrogens is 1. The molecule has 1 aromatic heterocycles. The number of nitrogens with zero attached hydrogens (tertiary/aromatic N) is 1. The maximum absolute atomic E-state index is 4.54. The van der Waals surface area contributed by atoms with Crippen molar-refractivity contribution in [2.24, 2.45) is 0 Å². The van der Waals surface area contributed by atoms with Crippen LogP contribution < -0.4 is 5.32 Å². The zero-order valence-corrected chi connectivity index (χ0v) is 9.62. The van der Waals surface area contributed by atoms with Crippen molar-refractivity contribution in [1.29, 1.82) is 0 Å². The van der Waals surface area contributed by atoms with Crippen molar-refractivity contribution in [3.63, 3.8) is 0 Å². The van der Waals surface area contributed by atoms with E-state index in [9.17, 15) is 0 Å². The smallest absolute Gasteiger partial charge is 0.151 e. The van der Waals surface area contributed by atoms with Crippen LogP contribution in [0.4, 0.5) is 0 Å². The van der Waals surface area contributed by atoms with Crippen LogP contribution in [0.15, 0.2) is 28.6 Å². The van der Waals surface area contributed by atoms with E-state index in [2.05, 4.69) is 28.5 Å². The number of benzene rings is 1. The zero-order valence-electron chi connectivity index (χ0n) is 7.99. The van der Waals surface area contributed by atoms with Gasteiger partial charge in [0.15, 0.2) is 4.34 Å². The summed E-state index contributed by atoms with van der Waals surface area (Å²) in [6, 6.07) is 8.27. The molecule has 0 amide bonds. The molecule has 2 nitrogen and oxygen atoms in total. The molecule has 0 fully saturated rings. The number of hydrogen-bond acceptors (Lipinski definition) is 4. The van der Waals surface area contributed by atoms with Gasteiger partial charge in [-0.3, -0.25) is 0 Å². The first kappa shape index (κ1) is 9.96. The SMILES string of the molecule is CNCCSc1nc2ccccc2s1. The maximum atomic E-state index is 4.54. The minimum absolute atomic E-state index is 1.03. The molecular weight excluding hydrogens is 212 g/mol. The van der Waals surface area contributed by atoms with Crippen LogP contribution in [0, 0.1) is 0 Å². The molecule has 1 N–H and O–H groups in total. The second-order valence-electron chi connectivity index (χ2n) is 2.90. The Hall–Kier alpha value is -0.580. The third kappa shape index (κ3) is 2.26.